The standard InChI is InChI=1S/C26H34NS/c1-17-11-10-12-23(24(17)27-16-28-19(3)18(27)2)20-13-21(25(4,5)6)15-22(14-20)26(7,8)9/h10-16H,1-9H3/q+1. The van der Waals surface area contributed by atoms with Gasteiger partial charge < -0.3 is 0 Å². The Hall–Kier alpha value is -1.93. The molecule has 3 rings (SSSR count). The van der Waals surface area contributed by atoms with Crippen LogP contribution in [-0.4, -0.2) is 0 Å². The normalized spacial score (nSPS) is 12.5. The lowest BCUT2D eigenvalue weighted by atomic mass is 9.78. The lowest BCUT2D eigenvalue weighted by Gasteiger charge is -2.26. The molecule has 0 fully saturated rings. The van der Waals surface area contributed by atoms with Crippen LogP contribution in [-0.2, 0) is 10.8 Å². The van der Waals surface area contributed by atoms with E-state index in [1.807, 2.05) is 11.3 Å². The SMILES string of the molecule is Cc1cccc(-c2cc(C(C)(C)C)cc(C(C)(C)C)c2)c1-[n+]1csc(C)c1C. The Labute approximate surface area is 175 Å². The molecule has 2 heteroatoms. The molecule has 3 aromatic rings. The first kappa shape index (κ1) is 20.8. The van der Waals surface area contributed by atoms with Gasteiger partial charge in [-0.3, -0.25) is 0 Å². The fourth-order valence-corrected chi connectivity index (χ4v) is 4.34. The Morgan fingerprint density at radius 2 is 1.36 bits per heavy atom. The number of nitrogens with zero attached hydrogens (tertiary/aromatic N) is 1. The predicted molar refractivity (Wildman–Crippen MR) is 123 cm³/mol. The zero-order valence-electron chi connectivity index (χ0n) is 18.9. The largest absolute Gasteiger partial charge is 0.231 e. The van der Waals surface area contributed by atoms with Crippen molar-refractivity contribution in [2.24, 2.45) is 0 Å². The third-order valence-electron chi connectivity index (χ3n) is 5.66. The van der Waals surface area contributed by atoms with Crippen molar-refractivity contribution < 1.29 is 4.57 Å². The fourth-order valence-electron chi connectivity index (χ4n) is 3.55. The monoisotopic (exact) mass is 392 g/mol. The smallest absolute Gasteiger partial charge is 0.153 e. The second-order valence-electron chi connectivity index (χ2n) is 10.0. The van der Waals surface area contributed by atoms with E-state index in [1.54, 1.807) is 0 Å². The van der Waals surface area contributed by atoms with Gasteiger partial charge in [-0.05, 0) is 47.4 Å². The molecule has 0 N–H and O–H groups in total. The first-order valence-electron chi connectivity index (χ1n) is 10.1. The van der Waals surface area contributed by atoms with Crippen molar-refractivity contribution in [3.8, 4) is 16.8 Å². The third-order valence-corrected chi connectivity index (χ3v) is 6.63. The molecule has 0 bridgehead atoms. The Kier molecular flexibility index (Phi) is 5.31. The molecule has 0 saturated heterocycles. The first-order chi connectivity index (χ1) is 12.9. The average molecular weight is 393 g/mol. The summed E-state index contributed by atoms with van der Waals surface area (Å²) in [5, 5.41) is 0. The van der Waals surface area contributed by atoms with E-state index in [0.29, 0.717) is 0 Å². The molecule has 1 heterocycles. The van der Waals surface area contributed by atoms with Gasteiger partial charge in [-0.1, -0.05) is 83.2 Å². The first-order valence-corrected chi connectivity index (χ1v) is 11.0. The topological polar surface area (TPSA) is 3.88 Å². The van der Waals surface area contributed by atoms with Gasteiger partial charge in [-0.2, -0.15) is 4.57 Å². The molecular weight excluding hydrogens is 358 g/mol. The lowest BCUT2D eigenvalue weighted by molar-refractivity contribution is -0.597. The highest BCUT2D eigenvalue weighted by atomic mass is 32.1. The number of thiazole rings is 1. The Bertz CT molecular complexity index is 978. The third kappa shape index (κ3) is 3.93. The number of hydrogen-bond donors (Lipinski definition) is 0. The maximum absolute atomic E-state index is 2.39. The quantitative estimate of drug-likeness (QED) is 0.406. The van der Waals surface area contributed by atoms with Gasteiger partial charge >= 0.3 is 0 Å². The molecule has 0 amide bonds. The second-order valence-corrected chi connectivity index (χ2v) is 11.1. The molecule has 0 radical (unpaired) electrons. The van der Waals surface area contributed by atoms with Gasteiger partial charge in [0, 0.05) is 12.5 Å². The Balaban J connectivity index is 2.33. The Morgan fingerprint density at radius 1 is 0.786 bits per heavy atom. The average Bonchev–Trinajstić information content (AvgIpc) is 2.92. The van der Waals surface area contributed by atoms with Gasteiger partial charge in [0.05, 0.1) is 10.4 Å². The number of hydrogen-bond acceptors (Lipinski definition) is 1. The van der Waals surface area contributed by atoms with Crippen LogP contribution in [0.2, 0.25) is 0 Å². The number of para-hydroxylation sites is 1. The lowest BCUT2D eigenvalue weighted by Crippen LogP contribution is -2.33. The van der Waals surface area contributed by atoms with Crippen molar-refractivity contribution >= 4 is 11.3 Å². The van der Waals surface area contributed by atoms with Gasteiger partial charge in [0.15, 0.2) is 5.69 Å². The van der Waals surface area contributed by atoms with Crippen molar-refractivity contribution in [2.75, 3.05) is 0 Å². The van der Waals surface area contributed by atoms with Crippen LogP contribution in [0.5, 0.6) is 0 Å². The minimum Gasteiger partial charge on any atom is -0.153 e. The Morgan fingerprint density at radius 3 is 1.82 bits per heavy atom. The molecule has 0 aliphatic carbocycles. The maximum Gasteiger partial charge on any atom is 0.231 e. The van der Waals surface area contributed by atoms with Crippen LogP contribution in [0.3, 0.4) is 0 Å². The van der Waals surface area contributed by atoms with Crippen LogP contribution in [0.25, 0.3) is 16.8 Å². The van der Waals surface area contributed by atoms with Gasteiger partial charge in [-0.15, -0.1) is 0 Å². The van der Waals surface area contributed by atoms with Crippen LogP contribution in [0.1, 0.15) is 68.8 Å². The summed E-state index contributed by atoms with van der Waals surface area (Å²) in [6.07, 6.45) is 0. The van der Waals surface area contributed by atoms with Crippen LogP contribution < -0.4 is 4.57 Å². The van der Waals surface area contributed by atoms with Crippen molar-refractivity contribution in [3.05, 3.63) is 69.2 Å². The molecular formula is C26H34NS+. The van der Waals surface area contributed by atoms with Crippen molar-refractivity contribution in [1.82, 2.24) is 0 Å². The van der Waals surface area contributed by atoms with Crippen molar-refractivity contribution in [3.63, 3.8) is 0 Å². The molecule has 1 aromatic heterocycles. The molecule has 148 valence electrons. The zero-order valence-corrected chi connectivity index (χ0v) is 19.7. The van der Waals surface area contributed by atoms with E-state index in [-0.39, 0.29) is 10.8 Å². The highest BCUT2D eigenvalue weighted by molar-refractivity contribution is 7.09. The van der Waals surface area contributed by atoms with E-state index in [2.05, 4.69) is 109 Å². The second kappa shape index (κ2) is 7.15. The van der Waals surface area contributed by atoms with E-state index < -0.39 is 0 Å². The summed E-state index contributed by atoms with van der Waals surface area (Å²) in [5.74, 6) is 0. The highest BCUT2D eigenvalue weighted by Crippen LogP contribution is 2.36. The summed E-state index contributed by atoms with van der Waals surface area (Å²) in [4.78, 5) is 1.37. The summed E-state index contributed by atoms with van der Waals surface area (Å²) in [6.45, 7) is 20.5. The summed E-state index contributed by atoms with van der Waals surface area (Å²) in [7, 11) is 0. The van der Waals surface area contributed by atoms with Crippen molar-refractivity contribution in [1.29, 1.82) is 0 Å². The summed E-state index contributed by atoms with van der Waals surface area (Å²) < 4.78 is 2.37. The predicted octanol–water partition coefficient (Wildman–Crippen LogP) is 7.21. The number of aromatic nitrogens is 1. The summed E-state index contributed by atoms with van der Waals surface area (Å²) >= 11 is 1.82. The molecule has 0 saturated carbocycles. The summed E-state index contributed by atoms with van der Waals surface area (Å²) in [5.41, 5.74) is 11.8. The summed E-state index contributed by atoms with van der Waals surface area (Å²) in [6, 6.07) is 13.9. The van der Waals surface area contributed by atoms with Crippen LogP contribution in [0.4, 0.5) is 0 Å². The zero-order chi connectivity index (χ0) is 20.9. The molecule has 0 aliphatic rings. The van der Waals surface area contributed by atoms with Crippen LogP contribution in [0.15, 0.2) is 41.9 Å². The van der Waals surface area contributed by atoms with E-state index in [9.17, 15) is 0 Å². The van der Waals surface area contributed by atoms with Gasteiger partial charge in [-0.25, -0.2) is 0 Å². The van der Waals surface area contributed by atoms with Gasteiger partial charge in [0.2, 0.25) is 11.2 Å². The van der Waals surface area contributed by atoms with Gasteiger partial charge in [0.1, 0.15) is 0 Å². The molecule has 2 aromatic carbocycles. The van der Waals surface area contributed by atoms with Crippen LogP contribution in [0, 0.1) is 20.8 Å². The highest BCUT2D eigenvalue weighted by Gasteiger charge is 2.25. The minimum absolute atomic E-state index is 0.113. The van der Waals surface area contributed by atoms with E-state index in [4.69, 9.17) is 0 Å². The fraction of sp³-hybridized carbons (Fsp3) is 0.423. The molecule has 0 spiro atoms. The molecule has 1 nitrogen and oxygen atoms in total. The molecule has 0 aliphatic heterocycles. The molecule has 0 unspecified atom stereocenters. The maximum atomic E-state index is 2.39. The van der Waals surface area contributed by atoms with Crippen LogP contribution >= 0.6 is 11.3 Å². The van der Waals surface area contributed by atoms with E-state index in [0.717, 1.165) is 0 Å². The number of aryl methyl sites for hydroxylation is 2. The van der Waals surface area contributed by atoms with E-state index in [1.165, 1.54) is 44.1 Å². The number of rotatable bonds is 2. The molecule has 0 atom stereocenters. The molecule has 28 heavy (non-hydrogen) atoms. The minimum atomic E-state index is 0.113. The number of benzene rings is 2. The van der Waals surface area contributed by atoms with E-state index >= 15 is 0 Å². The van der Waals surface area contributed by atoms with Crippen molar-refractivity contribution in [2.45, 2.75) is 73.1 Å². The van der Waals surface area contributed by atoms with Gasteiger partial charge in [0.25, 0.3) is 0 Å².